The monoisotopic (exact) mass is 288 g/mol. The van der Waals surface area contributed by atoms with E-state index in [0.29, 0.717) is 5.92 Å². The first-order valence-electron chi connectivity index (χ1n) is 4.94. The van der Waals surface area contributed by atoms with Gasteiger partial charge in [-0.05, 0) is 5.92 Å². The van der Waals surface area contributed by atoms with Crippen LogP contribution in [0.1, 0.15) is 40.5 Å². The first-order chi connectivity index (χ1) is 5.72. The molecule has 0 fully saturated rings. The van der Waals surface area contributed by atoms with E-state index in [0.717, 1.165) is 31.8 Å². The van der Waals surface area contributed by atoms with Gasteiger partial charge in [0.05, 0.1) is 0 Å². The zero-order valence-electron chi connectivity index (χ0n) is 11.4. The first kappa shape index (κ1) is 24.7. The van der Waals surface area contributed by atoms with Crippen LogP contribution in [0.15, 0.2) is 4.99 Å². The Hall–Kier alpha value is 0.574. The van der Waals surface area contributed by atoms with Crippen molar-refractivity contribution in [2.75, 3.05) is 13.1 Å². The Morgan fingerprint density at radius 3 is 2.00 bits per heavy atom. The third kappa shape index (κ3) is 14.6. The summed E-state index contributed by atoms with van der Waals surface area (Å²) in [5, 5.41) is 4.43. The predicted octanol–water partition coefficient (Wildman–Crippen LogP) is 4.13. The minimum absolute atomic E-state index is 0. The molecular weight excluding hydrogens is 261 g/mol. The van der Waals surface area contributed by atoms with Crippen molar-refractivity contribution < 1.29 is 32.7 Å². The summed E-state index contributed by atoms with van der Waals surface area (Å²) in [6.45, 7) is 10.4. The zero-order valence-corrected chi connectivity index (χ0v) is 14.2. The maximum Gasteiger partial charge on any atom is 0 e. The van der Waals surface area contributed by atoms with Gasteiger partial charge in [-0.1, -0.05) is 59.5 Å². The average Bonchev–Trinajstić information content (AvgIpc) is 2.04. The molecule has 0 aliphatic heterocycles. The minimum Gasteiger partial charge on any atom is -0.469 e. The molecule has 15 heavy (non-hydrogen) atoms. The van der Waals surface area contributed by atoms with Crippen molar-refractivity contribution in [2.24, 2.45) is 10.9 Å². The van der Waals surface area contributed by atoms with E-state index >= 15 is 0 Å². The fraction of sp³-hybridized carbons (Fsp3) is 0.750. The molecule has 2 nitrogen and oxygen atoms in total. The van der Waals surface area contributed by atoms with Crippen LogP contribution >= 0.6 is 0 Å². The van der Waals surface area contributed by atoms with E-state index in [1.54, 1.807) is 0 Å². The summed E-state index contributed by atoms with van der Waals surface area (Å²) in [5.74, 6) is 1.52. The van der Waals surface area contributed by atoms with Gasteiger partial charge in [-0.3, -0.25) is 0 Å². The molecule has 0 saturated heterocycles. The van der Waals surface area contributed by atoms with Gasteiger partial charge in [-0.2, -0.15) is 0 Å². The molecule has 0 amide bonds. The summed E-state index contributed by atoms with van der Waals surface area (Å²) in [7, 11) is 0. The van der Waals surface area contributed by atoms with Crippen molar-refractivity contribution >= 4 is 5.84 Å². The van der Waals surface area contributed by atoms with Crippen molar-refractivity contribution in [3.05, 3.63) is 20.2 Å². The average molecular weight is 288 g/mol. The molecule has 0 bridgehead atoms. The Morgan fingerprint density at radius 1 is 1.13 bits per heavy atom. The van der Waals surface area contributed by atoms with Crippen molar-refractivity contribution in [2.45, 2.75) is 40.5 Å². The van der Waals surface area contributed by atoms with Crippen LogP contribution in [-0.2, 0) is 32.7 Å². The number of aliphatic imine (C=N–C) groups is 1. The number of hydrogen-bond acceptors (Lipinski definition) is 1. The summed E-state index contributed by atoms with van der Waals surface area (Å²) in [4.78, 5) is 4.43. The van der Waals surface area contributed by atoms with E-state index in [1.165, 1.54) is 0 Å². The molecule has 0 aliphatic carbocycles. The molecule has 0 aromatic rings. The summed E-state index contributed by atoms with van der Waals surface area (Å²) >= 11 is 0. The fourth-order valence-electron chi connectivity index (χ4n) is 0.868. The molecular formula is C12H27N2Y-3. The second-order valence-electron chi connectivity index (χ2n) is 3.28. The maximum absolute atomic E-state index is 4.43. The summed E-state index contributed by atoms with van der Waals surface area (Å²) in [6.07, 6.45) is 2.22. The number of hydrogen-bond donors (Lipinski definition) is 0. The summed E-state index contributed by atoms with van der Waals surface area (Å²) in [5.41, 5.74) is 0. The Labute approximate surface area is 123 Å². The van der Waals surface area contributed by atoms with Crippen LogP contribution in [0.25, 0.3) is 5.32 Å². The molecule has 0 aliphatic rings. The van der Waals surface area contributed by atoms with Crippen molar-refractivity contribution in [1.82, 2.24) is 0 Å². The van der Waals surface area contributed by atoms with Gasteiger partial charge >= 0.3 is 0 Å². The van der Waals surface area contributed by atoms with Crippen LogP contribution in [0.3, 0.4) is 0 Å². The second-order valence-corrected chi connectivity index (χ2v) is 3.28. The van der Waals surface area contributed by atoms with Crippen molar-refractivity contribution in [3.63, 3.8) is 0 Å². The van der Waals surface area contributed by atoms with E-state index in [9.17, 15) is 0 Å². The van der Waals surface area contributed by atoms with Gasteiger partial charge in [0.25, 0.3) is 0 Å². The van der Waals surface area contributed by atoms with Gasteiger partial charge in [0.15, 0.2) is 0 Å². The van der Waals surface area contributed by atoms with Crippen LogP contribution in [-0.4, -0.2) is 18.9 Å². The molecule has 0 aromatic carbocycles. The van der Waals surface area contributed by atoms with E-state index in [4.69, 9.17) is 0 Å². The van der Waals surface area contributed by atoms with Crippen molar-refractivity contribution in [1.29, 1.82) is 0 Å². The molecule has 0 spiro atoms. The normalized spacial score (nSPS) is 9.80. The van der Waals surface area contributed by atoms with Gasteiger partial charge in [0, 0.05) is 32.7 Å². The zero-order chi connectivity index (χ0) is 9.40. The molecule has 0 aromatic heterocycles. The summed E-state index contributed by atoms with van der Waals surface area (Å²) < 4.78 is 0. The molecule has 0 N–H and O–H groups in total. The van der Waals surface area contributed by atoms with Gasteiger partial charge in [-0.25, -0.2) is 0 Å². The van der Waals surface area contributed by atoms with Crippen LogP contribution in [0.5, 0.6) is 0 Å². The molecule has 0 unspecified atom stereocenters. The SMILES string of the molecule is CCCN=C([N-]CCC)C(C)C.[CH3-].[CH3-].[Y]. The largest absolute Gasteiger partial charge is 0.469 e. The van der Waals surface area contributed by atoms with E-state index in [1.807, 2.05) is 0 Å². The van der Waals surface area contributed by atoms with E-state index in [-0.39, 0.29) is 47.6 Å². The van der Waals surface area contributed by atoms with Gasteiger partial charge in [-0.15, -0.1) is 0 Å². The summed E-state index contributed by atoms with van der Waals surface area (Å²) in [6, 6.07) is 0. The topological polar surface area (TPSA) is 26.5 Å². The van der Waals surface area contributed by atoms with E-state index in [2.05, 4.69) is 38.0 Å². The quantitative estimate of drug-likeness (QED) is 0.413. The van der Waals surface area contributed by atoms with Gasteiger partial charge in [0.2, 0.25) is 0 Å². The third-order valence-electron chi connectivity index (χ3n) is 1.51. The molecule has 91 valence electrons. The second kappa shape index (κ2) is 17.0. The van der Waals surface area contributed by atoms with Gasteiger partial charge < -0.3 is 25.2 Å². The Balaban J connectivity index is -0.000000202. The van der Waals surface area contributed by atoms with Crippen LogP contribution < -0.4 is 0 Å². The molecule has 0 rings (SSSR count). The number of rotatable bonds is 5. The Kier molecular flexibility index (Phi) is 28.0. The molecule has 1 radical (unpaired) electrons. The minimum atomic E-state index is 0. The van der Waals surface area contributed by atoms with Crippen LogP contribution in [0, 0.1) is 20.8 Å². The molecule has 0 atom stereocenters. The fourth-order valence-corrected chi connectivity index (χ4v) is 0.868. The standard InChI is InChI=1S/C10H21N2.2CH3.Y/c1-5-7-11-10(9(3)4)12-8-6-2;;;/h9H,5-8H2,1-4H3;2*1H3;/q3*-1;. The maximum atomic E-state index is 4.43. The number of amidine groups is 1. The Bertz CT molecular complexity index is 134. The van der Waals surface area contributed by atoms with Gasteiger partial charge in [0.1, 0.15) is 0 Å². The Morgan fingerprint density at radius 2 is 1.67 bits per heavy atom. The van der Waals surface area contributed by atoms with Crippen LogP contribution in [0.4, 0.5) is 0 Å². The molecule has 0 heterocycles. The third-order valence-corrected chi connectivity index (χ3v) is 1.51. The first-order valence-corrected chi connectivity index (χ1v) is 4.94. The molecule has 3 heteroatoms. The van der Waals surface area contributed by atoms with Crippen LogP contribution in [0.2, 0.25) is 0 Å². The number of nitrogens with zero attached hydrogens (tertiary/aromatic N) is 2. The smallest absolute Gasteiger partial charge is 0 e. The van der Waals surface area contributed by atoms with Crippen molar-refractivity contribution in [3.8, 4) is 0 Å². The predicted molar refractivity (Wildman–Crippen MR) is 68.8 cm³/mol. The molecule has 0 saturated carbocycles. The van der Waals surface area contributed by atoms with E-state index < -0.39 is 0 Å².